The van der Waals surface area contributed by atoms with Gasteiger partial charge in [-0.15, -0.1) is 0 Å². The first-order valence-electron chi connectivity index (χ1n) is 8.01. The highest BCUT2D eigenvalue weighted by Crippen LogP contribution is 2.18. The number of hydrogen-bond donors (Lipinski definition) is 1. The molecule has 1 N–H and O–H groups in total. The molecule has 0 unspecified atom stereocenters. The maximum absolute atomic E-state index is 12.5. The highest BCUT2D eigenvalue weighted by Gasteiger charge is 2.32. The Morgan fingerprint density at radius 1 is 1.20 bits per heavy atom. The van der Waals surface area contributed by atoms with Gasteiger partial charge in [0.25, 0.3) is 0 Å². The molecular weight excluding hydrogens is 322 g/mol. The van der Waals surface area contributed by atoms with Crippen molar-refractivity contribution in [1.29, 1.82) is 0 Å². The van der Waals surface area contributed by atoms with Gasteiger partial charge in [-0.25, -0.2) is 9.78 Å². The number of ether oxygens (including phenoxy) is 3. The molecule has 0 bridgehead atoms. The Morgan fingerprint density at radius 3 is 2.68 bits per heavy atom. The predicted octanol–water partition coefficient (Wildman–Crippen LogP) is 2.08. The molecule has 2 heterocycles. The second kappa shape index (κ2) is 7.85. The van der Waals surface area contributed by atoms with E-state index in [-0.39, 0.29) is 18.2 Å². The van der Waals surface area contributed by atoms with Crippen LogP contribution in [0.4, 0.5) is 10.6 Å². The molecule has 2 atom stereocenters. The maximum Gasteiger partial charge on any atom is 0.323 e. The van der Waals surface area contributed by atoms with E-state index in [1.54, 1.807) is 32.5 Å². The molecule has 1 saturated heterocycles. The van der Waals surface area contributed by atoms with Crippen molar-refractivity contribution >= 4 is 11.8 Å². The smallest absolute Gasteiger partial charge is 0.323 e. The molecule has 1 aromatic heterocycles. The first-order valence-corrected chi connectivity index (χ1v) is 8.01. The number of benzene rings is 1. The third-order valence-electron chi connectivity index (χ3n) is 3.97. The molecule has 0 radical (unpaired) electrons. The van der Waals surface area contributed by atoms with Crippen molar-refractivity contribution < 1.29 is 19.0 Å². The van der Waals surface area contributed by atoms with Gasteiger partial charge in [0, 0.05) is 7.05 Å². The van der Waals surface area contributed by atoms with Gasteiger partial charge in [-0.1, -0.05) is 18.2 Å². The zero-order valence-corrected chi connectivity index (χ0v) is 14.2. The van der Waals surface area contributed by atoms with Crippen LogP contribution in [0.1, 0.15) is 0 Å². The Balaban J connectivity index is 1.60. The van der Waals surface area contributed by atoms with E-state index in [1.807, 2.05) is 30.3 Å². The van der Waals surface area contributed by atoms with Crippen LogP contribution in [0.15, 0.2) is 48.7 Å². The predicted molar refractivity (Wildman–Crippen MR) is 93.2 cm³/mol. The monoisotopic (exact) mass is 343 g/mol. The molecule has 2 aromatic rings. The Labute approximate surface area is 146 Å². The molecule has 0 spiro atoms. The Hall–Kier alpha value is -2.80. The van der Waals surface area contributed by atoms with E-state index < -0.39 is 0 Å². The van der Waals surface area contributed by atoms with E-state index in [1.165, 1.54) is 4.90 Å². The highest BCUT2D eigenvalue weighted by molar-refractivity contribution is 5.90. The summed E-state index contributed by atoms with van der Waals surface area (Å²) in [6.45, 7) is 0.845. The third-order valence-corrected chi connectivity index (χ3v) is 3.97. The summed E-state index contributed by atoms with van der Waals surface area (Å²) in [6.07, 6.45) is 1.34. The van der Waals surface area contributed by atoms with Gasteiger partial charge in [-0.05, 0) is 24.3 Å². The lowest BCUT2D eigenvalue weighted by Crippen LogP contribution is -2.49. The fourth-order valence-electron chi connectivity index (χ4n) is 2.51. The van der Waals surface area contributed by atoms with Crippen LogP contribution < -0.4 is 19.7 Å². The van der Waals surface area contributed by atoms with Crippen molar-refractivity contribution in [3.8, 4) is 11.5 Å². The van der Waals surface area contributed by atoms with Gasteiger partial charge in [-0.3, -0.25) is 4.90 Å². The standard InChI is InChI=1S/C18H21N3O4/c1-21(17-9-8-14(23-2)10-19-17)18(22)20-15-11-24-12-16(15)25-13-6-4-3-5-7-13/h3-10,15-16H,11-12H2,1-2H3,(H,20,22)/t15-,16+/m1/s1. The number of amides is 2. The largest absolute Gasteiger partial charge is 0.495 e. The summed E-state index contributed by atoms with van der Waals surface area (Å²) < 4.78 is 16.5. The van der Waals surface area contributed by atoms with Gasteiger partial charge in [0.1, 0.15) is 23.4 Å². The molecule has 0 saturated carbocycles. The number of aromatic nitrogens is 1. The van der Waals surface area contributed by atoms with Crippen LogP contribution in [-0.2, 0) is 4.74 Å². The lowest BCUT2D eigenvalue weighted by molar-refractivity contribution is 0.139. The highest BCUT2D eigenvalue weighted by atomic mass is 16.5. The molecule has 3 rings (SSSR count). The van der Waals surface area contributed by atoms with Crippen molar-refractivity contribution in [2.24, 2.45) is 0 Å². The summed E-state index contributed by atoms with van der Waals surface area (Å²) in [5.41, 5.74) is 0. The molecule has 1 fully saturated rings. The average molecular weight is 343 g/mol. The van der Waals surface area contributed by atoms with Crippen molar-refractivity contribution in [1.82, 2.24) is 10.3 Å². The minimum Gasteiger partial charge on any atom is -0.495 e. The molecule has 132 valence electrons. The van der Waals surface area contributed by atoms with E-state index in [9.17, 15) is 4.79 Å². The lowest BCUT2D eigenvalue weighted by Gasteiger charge is -2.24. The molecule has 2 amide bonds. The fourth-order valence-corrected chi connectivity index (χ4v) is 2.51. The number of pyridine rings is 1. The first-order chi connectivity index (χ1) is 12.2. The van der Waals surface area contributed by atoms with E-state index in [0.717, 1.165) is 5.75 Å². The molecule has 0 aliphatic carbocycles. The van der Waals surface area contributed by atoms with Crippen molar-refractivity contribution in [3.05, 3.63) is 48.7 Å². The van der Waals surface area contributed by atoms with Crippen LogP contribution in [0.5, 0.6) is 11.5 Å². The maximum atomic E-state index is 12.5. The molecule has 25 heavy (non-hydrogen) atoms. The first kappa shape index (κ1) is 17.0. The topological polar surface area (TPSA) is 72.9 Å². The van der Waals surface area contributed by atoms with Crippen LogP contribution in [0.25, 0.3) is 0 Å². The Bertz CT molecular complexity index is 693. The summed E-state index contributed by atoms with van der Waals surface area (Å²) in [7, 11) is 3.23. The fraction of sp³-hybridized carbons (Fsp3) is 0.333. The van der Waals surface area contributed by atoms with E-state index in [2.05, 4.69) is 10.3 Å². The van der Waals surface area contributed by atoms with Gasteiger partial charge in [0.15, 0.2) is 0 Å². The molecule has 1 aromatic carbocycles. The number of nitrogens with one attached hydrogen (secondary N) is 1. The number of carbonyl (C=O) groups excluding carboxylic acids is 1. The van der Waals surface area contributed by atoms with Gasteiger partial charge >= 0.3 is 6.03 Å². The van der Waals surface area contributed by atoms with Crippen LogP contribution in [0.2, 0.25) is 0 Å². The van der Waals surface area contributed by atoms with Gasteiger partial charge in [0.2, 0.25) is 0 Å². The average Bonchev–Trinajstić information content (AvgIpc) is 3.08. The van der Waals surface area contributed by atoms with E-state index >= 15 is 0 Å². The van der Waals surface area contributed by atoms with Gasteiger partial charge in [0.05, 0.1) is 32.6 Å². The Morgan fingerprint density at radius 2 is 2.00 bits per heavy atom. The van der Waals surface area contributed by atoms with E-state index in [4.69, 9.17) is 14.2 Å². The Kier molecular flexibility index (Phi) is 5.35. The number of carbonyl (C=O) groups is 1. The zero-order chi connectivity index (χ0) is 17.6. The number of methoxy groups -OCH3 is 1. The quantitative estimate of drug-likeness (QED) is 0.900. The van der Waals surface area contributed by atoms with Crippen molar-refractivity contribution in [3.63, 3.8) is 0 Å². The van der Waals surface area contributed by atoms with Crippen LogP contribution in [0.3, 0.4) is 0 Å². The summed E-state index contributed by atoms with van der Waals surface area (Å²) in [4.78, 5) is 18.1. The van der Waals surface area contributed by atoms with Crippen LogP contribution in [-0.4, -0.2) is 50.5 Å². The third kappa shape index (κ3) is 4.19. The van der Waals surface area contributed by atoms with Crippen molar-refractivity contribution in [2.45, 2.75) is 12.1 Å². The normalized spacial score (nSPS) is 19.3. The molecule has 1 aliphatic rings. The van der Waals surface area contributed by atoms with Crippen LogP contribution in [0, 0.1) is 0 Å². The summed E-state index contributed by atoms with van der Waals surface area (Å²) >= 11 is 0. The zero-order valence-electron chi connectivity index (χ0n) is 14.2. The lowest BCUT2D eigenvalue weighted by atomic mass is 10.2. The van der Waals surface area contributed by atoms with Gasteiger partial charge in [-0.2, -0.15) is 0 Å². The molecule has 1 aliphatic heterocycles. The summed E-state index contributed by atoms with van der Waals surface area (Å²) in [5.74, 6) is 1.92. The minimum absolute atomic E-state index is 0.228. The molecule has 7 heteroatoms. The minimum atomic E-state index is -0.269. The number of rotatable bonds is 5. The van der Waals surface area contributed by atoms with Crippen LogP contribution >= 0.6 is 0 Å². The molecular formula is C18H21N3O4. The second-order valence-electron chi connectivity index (χ2n) is 5.68. The van der Waals surface area contributed by atoms with Crippen molar-refractivity contribution in [2.75, 3.05) is 32.3 Å². The number of urea groups is 1. The number of para-hydroxylation sites is 1. The summed E-state index contributed by atoms with van der Waals surface area (Å²) in [5, 5.41) is 2.94. The van der Waals surface area contributed by atoms with E-state index in [0.29, 0.717) is 24.8 Å². The summed E-state index contributed by atoms with van der Waals surface area (Å²) in [6, 6.07) is 12.5. The molecule has 7 nitrogen and oxygen atoms in total. The van der Waals surface area contributed by atoms with Gasteiger partial charge < -0.3 is 19.5 Å². The number of hydrogen-bond acceptors (Lipinski definition) is 5. The second-order valence-corrected chi connectivity index (χ2v) is 5.68. The number of nitrogens with zero attached hydrogens (tertiary/aromatic N) is 2. The number of anilines is 1. The SMILES string of the molecule is COc1ccc(N(C)C(=O)N[C@@H]2COC[C@@H]2Oc2ccccc2)nc1.